The van der Waals surface area contributed by atoms with Crippen LogP contribution in [0.5, 0.6) is 0 Å². The first-order valence-corrected chi connectivity index (χ1v) is 17.4. The van der Waals surface area contributed by atoms with E-state index in [4.69, 9.17) is 4.42 Å². The summed E-state index contributed by atoms with van der Waals surface area (Å²) in [6, 6.07) is 64.0. The lowest BCUT2D eigenvalue weighted by atomic mass is 10.1. The predicted molar refractivity (Wildman–Crippen MR) is 192 cm³/mol. The van der Waals surface area contributed by atoms with E-state index < -0.39 is 8.07 Å². The van der Waals surface area contributed by atoms with Gasteiger partial charge in [0.1, 0.15) is 11.2 Å². The number of para-hydroxylation sites is 4. The number of fused-ring (bicyclic) bond motifs is 6. The first kappa shape index (κ1) is 25.8. The molecule has 0 aliphatic rings. The minimum absolute atomic E-state index is 0.922. The molecule has 0 aliphatic carbocycles. The van der Waals surface area contributed by atoms with Gasteiger partial charge in [-0.1, -0.05) is 146 Å². The summed E-state index contributed by atoms with van der Waals surface area (Å²) in [5, 5.41) is 10.1. The first-order chi connectivity index (χ1) is 22.3. The van der Waals surface area contributed by atoms with Crippen molar-refractivity contribution in [2.45, 2.75) is 0 Å². The molecule has 0 N–H and O–H groups in total. The van der Waals surface area contributed by atoms with Gasteiger partial charge in [-0.05, 0) is 51.1 Å². The first-order valence-electron chi connectivity index (χ1n) is 15.4. The highest BCUT2D eigenvalue weighted by Crippen LogP contribution is 2.33. The maximum absolute atomic E-state index is 6.80. The van der Waals surface area contributed by atoms with E-state index in [9.17, 15) is 0 Å². The lowest BCUT2D eigenvalue weighted by molar-refractivity contribution is 0.671. The van der Waals surface area contributed by atoms with Crippen LogP contribution >= 0.6 is 0 Å². The molecule has 7 aromatic carbocycles. The Bertz CT molecular complexity index is 2440. The average molecular weight is 592 g/mol. The molecule has 2 nitrogen and oxygen atoms in total. The van der Waals surface area contributed by atoms with Crippen molar-refractivity contribution >= 4 is 72.6 Å². The molecule has 2 aromatic heterocycles. The zero-order chi connectivity index (χ0) is 29.8. The minimum Gasteiger partial charge on any atom is -0.456 e. The summed E-state index contributed by atoms with van der Waals surface area (Å²) in [5.74, 6) is 0. The Morgan fingerprint density at radius 2 is 0.978 bits per heavy atom. The van der Waals surface area contributed by atoms with Gasteiger partial charge in [-0.15, -0.1) is 0 Å². The molecule has 0 radical (unpaired) electrons. The molecule has 0 unspecified atom stereocenters. The van der Waals surface area contributed by atoms with Crippen LogP contribution in [0.2, 0.25) is 0 Å². The lowest BCUT2D eigenvalue weighted by Gasteiger charge is -2.34. The molecule has 0 atom stereocenters. The van der Waals surface area contributed by atoms with Crippen molar-refractivity contribution in [1.29, 1.82) is 0 Å². The van der Waals surface area contributed by atoms with Crippen molar-refractivity contribution in [3.8, 4) is 5.69 Å². The number of hydrogen-bond donors (Lipinski definition) is 0. The van der Waals surface area contributed by atoms with E-state index in [2.05, 4.69) is 180 Å². The van der Waals surface area contributed by atoms with Crippen LogP contribution in [-0.4, -0.2) is 12.6 Å². The van der Waals surface area contributed by atoms with Crippen LogP contribution in [0.4, 0.5) is 0 Å². The third kappa shape index (κ3) is 3.81. The fraction of sp³-hybridized carbons (Fsp3) is 0. The molecule has 2 heterocycles. The van der Waals surface area contributed by atoms with Gasteiger partial charge in [0, 0.05) is 27.2 Å². The van der Waals surface area contributed by atoms with Crippen molar-refractivity contribution < 1.29 is 4.42 Å². The highest BCUT2D eigenvalue weighted by Gasteiger charge is 2.44. The number of rotatable bonds is 5. The number of nitrogens with zero attached hydrogens (tertiary/aromatic N) is 1. The van der Waals surface area contributed by atoms with E-state index in [1.807, 2.05) is 0 Å². The Kier molecular flexibility index (Phi) is 5.87. The topological polar surface area (TPSA) is 18.1 Å². The Morgan fingerprint density at radius 3 is 1.71 bits per heavy atom. The van der Waals surface area contributed by atoms with Gasteiger partial charge >= 0.3 is 0 Å². The van der Waals surface area contributed by atoms with Gasteiger partial charge in [-0.3, -0.25) is 0 Å². The van der Waals surface area contributed by atoms with Gasteiger partial charge in [0.15, 0.2) is 8.07 Å². The molecular weight excluding hydrogens is 563 g/mol. The highest BCUT2D eigenvalue weighted by atomic mass is 28.3. The summed E-state index contributed by atoms with van der Waals surface area (Å²) in [6.45, 7) is 0. The molecule has 0 saturated carbocycles. The van der Waals surface area contributed by atoms with E-state index in [1.54, 1.807) is 0 Å². The number of furan rings is 1. The zero-order valence-corrected chi connectivity index (χ0v) is 25.6. The SMILES string of the molecule is c1ccc(-n2c3ccccc3c3cc([Si](c4ccccc4)(c4ccccc4)c4cccc5c4oc4ccccc45)ccc32)cc1. The molecule has 0 saturated heterocycles. The van der Waals surface area contributed by atoms with Gasteiger partial charge in [-0.25, -0.2) is 0 Å². The zero-order valence-electron chi connectivity index (χ0n) is 24.6. The fourth-order valence-corrected chi connectivity index (χ4v) is 12.3. The molecule has 0 fully saturated rings. The minimum atomic E-state index is -2.90. The van der Waals surface area contributed by atoms with E-state index in [-0.39, 0.29) is 0 Å². The Morgan fingerprint density at radius 1 is 0.400 bits per heavy atom. The maximum atomic E-state index is 6.80. The Labute approximate surface area is 262 Å². The van der Waals surface area contributed by atoms with Crippen molar-refractivity contribution in [2.75, 3.05) is 0 Å². The summed E-state index contributed by atoms with van der Waals surface area (Å²) in [6.07, 6.45) is 0. The van der Waals surface area contributed by atoms with Crippen LogP contribution in [0.1, 0.15) is 0 Å². The standard InChI is InChI=1S/C42H29NOSi/c1-4-15-30(16-5-1)43-38-24-12-10-21-34(38)37-29-33(27-28-39(37)43)45(31-17-6-2-7-18-31,32-19-8-3-9-20-32)41-26-14-23-36-35-22-11-13-25-40(35)44-42(36)41/h1-29H. The second-order valence-corrected chi connectivity index (χ2v) is 15.5. The lowest BCUT2D eigenvalue weighted by Crippen LogP contribution is -2.74. The normalized spacial score (nSPS) is 12.0. The summed E-state index contributed by atoms with van der Waals surface area (Å²) in [7, 11) is -2.90. The molecule has 9 rings (SSSR count). The molecule has 3 heteroatoms. The largest absolute Gasteiger partial charge is 0.456 e. The van der Waals surface area contributed by atoms with Crippen molar-refractivity contribution in [2.24, 2.45) is 0 Å². The van der Waals surface area contributed by atoms with Crippen LogP contribution < -0.4 is 20.7 Å². The fourth-order valence-electron chi connectivity index (χ4n) is 7.45. The maximum Gasteiger partial charge on any atom is 0.184 e. The summed E-state index contributed by atoms with van der Waals surface area (Å²) in [4.78, 5) is 0. The number of benzene rings is 7. The van der Waals surface area contributed by atoms with Crippen LogP contribution in [0, 0.1) is 0 Å². The van der Waals surface area contributed by atoms with E-state index in [1.165, 1.54) is 42.6 Å². The third-order valence-electron chi connectivity index (χ3n) is 9.34. The van der Waals surface area contributed by atoms with Crippen LogP contribution in [0.3, 0.4) is 0 Å². The quantitative estimate of drug-likeness (QED) is 0.146. The van der Waals surface area contributed by atoms with E-state index in [0.717, 1.165) is 27.6 Å². The molecule has 0 aliphatic heterocycles. The van der Waals surface area contributed by atoms with Gasteiger partial charge in [-0.2, -0.15) is 0 Å². The second kappa shape index (κ2) is 10.2. The van der Waals surface area contributed by atoms with E-state index >= 15 is 0 Å². The van der Waals surface area contributed by atoms with Crippen LogP contribution in [-0.2, 0) is 0 Å². The number of hydrogen-bond acceptors (Lipinski definition) is 1. The van der Waals surface area contributed by atoms with Crippen LogP contribution in [0.25, 0.3) is 49.4 Å². The second-order valence-electron chi connectivity index (χ2n) is 11.7. The monoisotopic (exact) mass is 591 g/mol. The molecule has 0 amide bonds. The molecule has 0 spiro atoms. The average Bonchev–Trinajstić information content (AvgIpc) is 3.66. The molecule has 212 valence electrons. The van der Waals surface area contributed by atoms with Crippen molar-refractivity contribution in [3.63, 3.8) is 0 Å². The summed E-state index contributed by atoms with van der Waals surface area (Å²) >= 11 is 0. The molecule has 45 heavy (non-hydrogen) atoms. The van der Waals surface area contributed by atoms with Crippen molar-refractivity contribution in [3.05, 3.63) is 176 Å². The van der Waals surface area contributed by atoms with E-state index in [0.29, 0.717) is 0 Å². The predicted octanol–water partition coefficient (Wildman–Crippen LogP) is 8.06. The molecular formula is C42H29NOSi. The van der Waals surface area contributed by atoms with Crippen LogP contribution in [0.15, 0.2) is 180 Å². The summed E-state index contributed by atoms with van der Waals surface area (Å²) in [5.41, 5.74) is 5.48. The number of aromatic nitrogens is 1. The Hall–Kier alpha value is -5.64. The van der Waals surface area contributed by atoms with Gasteiger partial charge in [0.25, 0.3) is 0 Å². The third-order valence-corrected chi connectivity index (χ3v) is 14.1. The van der Waals surface area contributed by atoms with Gasteiger partial charge in [0.2, 0.25) is 0 Å². The van der Waals surface area contributed by atoms with Gasteiger partial charge in [0.05, 0.1) is 11.0 Å². The molecule has 0 bridgehead atoms. The smallest absolute Gasteiger partial charge is 0.184 e. The highest BCUT2D eigenvalue weighted by molar-refractivity contribution is 7.20. The molecule has 9 aromatic rings. The van der Waals surface area contributed by atoms with Gasteiger partial charge < -0.3 is 8.98 Å². The van der Waals surface area contributed by atoms with Crippen molar-refractivity contribution in [1.82, 2.24) is 4.57 Å². The Balaban J connectivity index is 1.45. The summed E-state index contributed by atoms with van der Waals surface area (Å²) < 4.78 is 9.20.